The molecule has 1 aromatic carbocycles. The zero-order valence-electron chi connectivity index (χ0n) is 18.2. The average molecular weight is 456 g/mol. The molecule has 33 heavy (non-hydrogen) atoms. The number of halogens is 3. The number of benzene rings is 1. The van der Waals surface area contributed by atoms with E-state index >= 15 is 0 Å². The van der Waals surface area contributed by atoms with Crippen molar-refractivity contribution in [2.45, 2.75) is 32.5 Å². The fraction of sp³-hybridized carbons (Fsp3) is 0.391. The van der Waals surface area contributed by atoms with Gasteiger partial charge in [0.2, 0.25) is 5.91 Å². The van der Waals surface area contributed by atoms with Crippen molar-refractivity contribution in [2.75, 3.05) is 29.9 Å². The normalized spacial score (nSPS) is 18.3. The van der Waals surface area contributed by atoms with E-state index in [-0.39, 0.29) is 11.3 Å². The predicted molar refractivity (Wildman–Crippen MR) is 118 cm³/mol. The molecule has 2 saturated heterocycles. The number of hydrogen-bond donors (Lipinski definition) is 2. The van der Waals surface area contributed by atoms with Crippen LogP contribution >= 0.6 is 0 Å². The molecule has 0 bridgehead atoms. The lowest BCUT2D eigenvalue weighted by Gasteiger charge is -2.47. The summed E-state index contributed by atoms with van der Waals surface area (Å²) in [6, 6.07) is 6.74. The van der Waals surface area contributed by atoms with Crippen LogP contribution in [0, 0.1) is 12.3 Å². The summed E-state index contributed by atoms with van der Waals surface area (Å²) in [4.78, 5) is 18.8. The van der Waals surface area contributed by atoms with Gasteiger partial charge in [-0.05, 0) is 44.0 Å². The lowest BCUT2D eigenvalue weighted by Crippen LogP contribution is -2.59. The van der Waals surface area contributed by atoms with Crippen LogP contribution in [0.25, 0.3) is 10.9 Å². The molecule has 2 fully saturated rings. The summed E-state index contributed by atoms with van der Waals surface area (Å²) < 4.78 is 39.4. The summed E-state index contributed by atoms with van der Waals surface area (Å²) in [6.07, 6.45) is -1.82. The molecule has 1 atom stereocenters. The average Bonchev–Trinajstić information content (AvgIpc) is 3.15. The number of hydrogen-bond acceptors (Lipinski definition) is 6. The minimum absolute atomic E-state index is 0.103. The molecule has 2 aliphatic rings. The Labute approximate surface area is 188 Å². The number of anilines is 2. The van der Waals surface area contributed by atoms with Crippen molar-refractivity contribution < 1.29 is 18.0 Å². The van der Waals surface area contributed by atoms with E-state index in [1.54, 1.807) is 19.2 Å². The van der Waals surface area contributed by atoms with E-state index in [1.807, 2.05) is 13.0 Å². The zero-order valence-corrected chi connectivity index (χ0v) is 18.2. The third-order valence-electron chi connectivity index (χ3n) is 6.56. The molecule has 172 valence electrons. The first-order valence-electron chi connectivity index (χ1n) is 10.8. The fourth-order valence-electron chi connectivity index (χ4n) is 4.59. The number of carbonyl (C=O) groups excluding carboxylic acids is 1. The number of fused-ring (bicyclic) bond motifs is 1. The van der Waals surface area contributed by atoms with Gasteiger partial charge in [-0.15, -0.1) is 5.10 Å². The van der Waals surface area contributed by atoms with Gasteiger partial charge in [0.05, 0.1) is 40.1 Å². The van der Waals surface area contributed by atoms with E-state index in [9.17, 15) is 18.0 Å². The third kappa shape index (κ3) is 3.73. The highest BCUT2D eigenvalue weighted by Gasteiger charge is 2.51. The van der Waals surface area contributed by atoms with Gasteiger partial charge in [-0.25, -0.2) is 0 Å². The molecule has 10 heteroatoms. The van der Waals surface area contributed by atoms with Crippen LogP contribution in [0.2, 0.25) is 0 Å². The van der Waals surface area contributed by atoms with E-state index in [4.69, 9.17) is 0 Å². The van der Waals surface area contributed by atoms with Crippen molar-refractivity contribution in [3.8, 4) is 0 Å². The molecule has 3 aromatic rings. The molecule has 1 spiro atoms. The number of nitrogens with zero attached hydrogens (tertiary/aromatic N) is 4. The molecule has 2 aliphatic heterocycles. The largest absolute Gasteiger partial charge is 0.416 e. The molecular weight excluding hydrogens is 433 g/mol. The number of rotatable bonds is 4. The predicted octanol–water partition coefficient (Wildman–Crippen LogP) is 3.85. The van der Waals surface area contributed by atoms with Crippen molar-refractivity contribution >= 4 is 28.3 Å². The second-order valence-electron chi connectivity index (χ2n) is 8.86. The smallest absolute Gasteiger partial charge is 0.368 e. The molecule has 2 N–H and O–H groups in total. The Bertz CT molecular complexity index is 1240. The van der Waals surface area contributed by atoms with Crippen molar-refractivity contribution in [3.63, 3.8) is 0 Å². The second-order valence-corrected chi connectivity index (χ2v) is 8.86. The molecule has 2 aromatic heterocycles. The highest BCUT2D eigenvalue weighted by atomic mass is 19.4. The summed E-state index contributed by atoms with van der Waals surface area (Å²) in [5.74, 6) is 0.551. The first-order chi connectivity index (χ1) is 15.7. The van der Waals surface area contributed by atoms with Crippen molar-refractivity contribution in [1.82, 2.24) is 20.5 Å². The molecule has 5 rings (SSSR count). The van der Waals surface area contributed by atoms with E-state index in [1.165, 1.54) is 6.07 Å². The number of amides is 1. The topological polar surface area (TPSA) is 83.0 Å². The highest BCUT2D eigenvalue weighted by molar-refractivity contribution is 5.93. The van der Waals surface area contributed by atoms with Gasteiger partial charge in [-0.1, -0.05) is 12.1 Å². The third-order valence-corrected chi connectivity index (χ3v) is 6.56. The van der Waals surface area contributed by atoms with E-state index in [0.717, 1.165) is 29.6 Å². The molecule has 7 nitrogen and oxygen atoms in total. The number of aryl methyl sites for hydroxylation is 1. The summed E-state index contributed by atoms with van der Waals surface area (Å²) in [7, 11) is 0. The zero-order chi connectivity index (χ0) is 23.4. The molecule has 0 unspecified atom stereocenters. The van der Waals surface area contributed by atoms with E-state index < -0.39 is 17.8 Å². The van der Waals surface area contributed by atoms with Crippen LogP contribution in [-0.4, -0.2) is 40.7 Å². The summed E-state index contributed by atoms with van der Waals surface area (Å²) in [6.45, 7) is 5.56. The Morgan fingerprint density at radius 1 is 1.21 bits per heavy atom. The summed E-state index contributed by atoms with van der Waals surface area (Å²) >= 11 is 0. The maximum Gasteiger partial charge on any atom is 0.416 e. The second kappa shape index (κ2) is 7.57. The van der Waals surface area contributed by atoms with Gasteiger partial charge in [-0.3, -0.25) is 9.78 Å². The molecule has 0 radical (unpaired) electrons. The van der Waals surface area contributed by atoms with Crippen LogP contribution in [0.1, 0.15) is 36.2 Å². The van der Waals surface area contributed by atoms with Gasteiger partial charge >= 0.3 is 6.18 Å². The summed E-state index contributed by atoms with van der Waals surface area (Å²) in [5, 5.41) is 15.3. The van der Waals surface area contributed by atoms with Crippen molar-refractivity contribution in [1.29, 1.82) is 0 Å². The van der Waals surface area contributed by atoms with Gasteiger partial charge in [0.1, 0.15) is 0 Å². The van der Waals surface area contributed by atoms with E-state index in [0.29, 0.717) is 42.2 Å². The molecule has 4 heterocycles. The minimum Gasteiger partial charge on any atom is -0.368 e. The van der Waals surface area contributed by atoms with Crippen LogP contribution in [-0.2, 0) is 11.0 Å². The lowest BCUT2D eigenvalue weighted by molar-refractivity contribution is -0.137. The standard InChI is InChI=1S/C23H23F3N6O/c1-13(15-4-3-5-16(8-15)23(24,25)26)29-20-18-9-17(10-28-19(18)14(2)30-31-20)32-11-22(12-32)6-7-27-21(22)33/h3-5,8-10,13H,6-7,11-12H2,1-2H3,(H,27,33)(H,29,31)/t13-/m1/s1. The van der Waals surface area contributed by atoms with Gasteiger partial charge in [0.15, 0.2) is 5.82 Å². The van der Waals surface area contributed by atoms with Crippen molar-refractivity contribution in [2.24, 2.45) is 5.41 Å². The Morgan fingerprint density at radius 2 is 2.00 bits per heavy atom. The maximum absolute atomic E-state index is 13.1. The number of alkyl halides is 3. The molecule has 1 amide bonds. The SMILES string of the molecule is Cc1nnc(N[C@H](C)c2cccc(C(F)(F)F)c2)c2cc(N3CC4(CCNC4=O)C3)cnc12. The van der Waals surface area contributed by atoms with Gasteiger partial charge in [0, 0.05) is 25.0 Å². The Balaban J connectivity index is 1.43. The minimum atomic E-state index is -4.41. The Morgan fingerprint density at radius 3 is 2.70 bits per heavy atom. The van der Waals surface area contributed by atoms with Gasteiger partial charge < -0.3 is 15.5 Å². The number of pyridine rings is 1. The molecular formula is C23H23F3N6O. The maximum atomic E-state index is 13.1. The Hall–Kier alpha value is -3.43. The van der Waals surface area contributed by atoms with Gasteiger partial charge in [0.25, 0.3) is 0 Å². The molecule has 0 aliphatic carbocycles. The fourth-order valence-corrected chi connectivity index (χ4v) is 4.59. The van der Waals surface area contributed by atoms with Crippen LogP contribution in [0.4, 0.5) is 24.7 Å². The Kier molecular flexibility index (Phi) is 4.91. The van der Waals surface area contributed by atoms with Crippen molar-refractivity contribution in [3.05, 3.63) is 53.3 Å². The number of nitrogens with one attached hydrogen (secondary N) is 2. The van der Waals surface area contributed by atoms with Crippen LogP contribution in [0.15, 0.2) is 36.5 Å². The quantitative estimate of drug-likeness (QED) is 0.621. The lowest BCUT2D eigenvalue weighted by atomic mass is 9.78. The first kappa shape index (κ1) is 21.4. The number of aromatic nitrogens is 3. The highest BCUT2D eigenvalue weighted by Crippen LogP contribution is 2.41. The number of carbonyl (C=O) groups is 1. The van der Waals surface area contributed by atoms with E-state index in [2.05, 4.69) is 30.7 Å². The summed E-state index contributed by atoms with van der Waals surface area (Å²) in [5.41, 5.74) is 1.67. The molecule has 0 saturated carbocycles. The van der Waals surface area contributed by atoms with Crippen LogP contribution < -0.4 is 15.5 Å². The first-order valence-corrected chi connectivity index (χ1v) is 10.8. The van der Waals surface area contributed by atoms with Crippen LogP contribution in [0.5, 0.6) is 0 Å². The van der Waals surface area contributed by atoms with Crippen LogP contribution in [0.3, 0.4) is 0 Å². The monoisotopic (exact) mass is 456 g/mol. The van der Waals surface area contributed by atoms with Gasteiger partial charge in [-0.2, -0.15) is 18.3 Å².